The molecule has 0 aliphatic carbocycles. The summed E-state index contributed by atoms with van der Waals surface area (Å²) >= 11 is 6.77. The summed E-state index contributed by atoms with van der Waals surface area (Å²) in [5, 5.41) is 1.21. The van der Waals surface area contributed by atoms with Crippen LogP contribution in [0.15, 0.2) is 12.1 Å². The van der Waals surface area contributed by atoms with Gasteiger partial charge in [-0.05, 0) is 17.7 Å². The molecule has 0 aromatic heterocycles. The van der Waals surface area contributed by atoms with Crippen LogP contribution >= 0.6 is 31.9 Å². The second-order valence-corrected chi connectivity index (χ2v) is 4.15. The lowest BCUT2D eigenvalue weighted by Gasteiger charge is -2.13. The third kappa shape index (κ3) is 2.58. The number of carbonyl (C=O) groups is 1. The Morgan fingerprint density at radius 1 is 1.19 bits per heavy atom. The zero-order valence-electron chi connectivity index (χ0n) is 9.05. The van der Waals surface area contributed by atoms with Gasteiger partial charge >= 0.3 is 5.97 Å². The lowest BCUT2D eigenvalue weighted by atomic mass is 10.0. The van der Waals surface area contributed by atoms with Crippen molar-refractivity contribution < 1.29 is 14.3 Å². The molecule has 0 aliphatic rings. The monoisotopic (exact) mass is 350 g/mol. The summed E-state index contributed by atoms with van der Waals surface area (Å²) in [4.78, 5) is 11.6. The van der Waals surface area contributed by atoms with Crippen LogP contribution in [0.1, 0.15) is 21.5 Å². The molecule has 0 saturated carbocycles. The van der Waals surface area contributed by atoms with Crippen LogP contribution in [0.4, 0.5) is 0 Å². The molecule has 0 aliphatic heterocycles. The van der Waals surface area contributed by atoms with Crippen molar-refractivity contribution in [2.24, 2.45) is 0 Å². The Balaban J connectivity index is 3.37. The molecular formula is C11H12Br2O3. The molecule has 1 aromatic rings. The highest BCUT2D eigenvalue weighted by atomic mass is 79.9. The Bertz CT molecular complexity index is 391. The molecule has 0 heterocycles. The van der Waals surface area contributed by atoms with Gasteiger partial charge < -0.3 is 9.47 Å². The van der Waals surface area contributed by atoms with E-state index in [4.69, 9.17) is 9.47 Å². The number of hydrogen-bond acceptors (Lipinski definition) is 3. The first-order valence-corrected chi connectivity index (χ1v) is 6.82. The zero-order chi connectivity index (χ0) is 12.1. The van der Waals surface area contributed by atoms with Crippen molar-refractivity contribution in [3.05, 3.63) is 28.8 Å². The van der Waals surface area contributed by atoms with Crippen molar-refractivity contribution in [3.63, 3.8) is 0 Å². The number of halogens is 2. The first-order valence-electron chi connectivity index (χ1n) is 4.58. The Morgan fingerprint density at radius 3 is 2.25 bits per heavy atom. The van der Waals surface area contributed by atoms with Crippen LogP contribution in [0, 0.1) is 0 Å². The SMILES string of the molecule is COC(=O)c1ccc(OC)c(CBr)c1CBr. The molecule has 0 saturated heterocycles. The second kappa shape index (κ2) is 6.25. The van der Waals surface area contributed by atoms with Crippen LogP contribution < -0.4 is 4.74 Å². The molecule has 0 bridgehead atoms. The predicted molar refractivity (Wildman–Crippen MR) is 69.6 cm³/mol. The van der Waals surface area contributed by atoms with Crippen LogP contribution in [-0.4, -0.2) is 20.2 Å². The number of ether oxygens (including phenoxy) is 2. The topological polar surface area (TPSA) is 35.5 Å². The molecule has 88 valence electrons. The van der Waals surface area contributed by atoms with Crippen molar-refractivity contribution in [3.8, 4) is 5.75 Å². The smallest absolute Gasteiger partial charge is 0.338 e. The molecule has 0 fully saturated rings. The minimum absolute atomic E-state index is 0.334. The van der Waals surface area contributed by atoms with Gasteiger partial charge in [0.05, 0.1) is 19.8 Å². The van der Waals surface area contributed by atoms with Crippen LogP contribution in [-0.2, 0) is 15.4 Å². The molecule has 0 atom stereocenters. The lowest BCUT2D eigenvalue weighted by molar-refractivity contribution is 0.0599. The van der Waals surface area contributed by atoms with Gasteiger partial charge in [-0.15, -0.1) is 0 Å². The van der Waals surface area contributed by atoms with E-state index in [9.17, 15) is 4.79 Å². The molecule has 1 rings (SSSR count). The molecule has 0 amide bonds. The number of rotatable bonds is 4. The fourth-order valence-electron chi connectivity index (χ4n) is 1.46. The largest absolute Gasteiger partial charge is 0.496 e. The van der Waals surface area contributed by atoms with E-state index in [0.717, 1.165) is 16.9 Å². The number of benzene rings is 1. The van der Waals surface area contributed by atoms with Crippen LogP contribution in [0.25, 0.3) is 0 Å². The number of esters is 1. The van der Waals surface area contributed by atoms with E-state index < -0.39 is 0 Å². The van der Waals surface area contributed by atoms with Crippen LogP contribution in [0.2, 0.25) is 0 Å². The van der Waals surface area contributed by atoms with Gasteiger partial charge in [-0.1, -0.05) is 31.9 Å². The maximum absolute atomic E-state index is 11.6. The molecule has 0 unspecified atom stereocenters. The van der Waals surface area contributed by atoms with Crippen molar-refractivity contribution in [1.29, 1.82) is 0 Å². The third-order valence-corrected chi connectivity index (χ3v) is 3.40. The second-order valence-electron chi connectivity index (χ2n) is 3.03. The number of carbonyl (C=O) groups excluding carboxylic acids is 1. The van der Waals surface area contributed by atoms with Crippen molar-refractivity contribution in [1.82, 2.24) is 0 Å². The van der Waals surface area contributed by atoms with Gasteiger partial charge in [0.25, 0.3) is 0 Å². The first kappa shape index (κ1) is 13.5. The third-order valence-electron chi connectivity index (χ3n) is 2.28. The quantitative estimate of drug-likeness (QED) is 0.617. The van der Waals surface area contributed by atoms with Gasteiger partial charge in [-0.25, -0.2) is 4.79 Å². The first-order chi connectivity index (χ1) is 7.69. The van der Waals surface area contributed by atoms with Gasteiger partial charge in [0, 0.05) is 16.2 Å². The maximum Gasteiger partial charge on any atom is 0.338 e. The summed E-state index contributed by atoms with van der Waals surface area (Å²) < 4.78 is 9.98. The van der Waals surface area contributed by atoms with Gasteiger partial charge in [-0.3, -0.25) is 0 Å². The van der Waals surface area contributed by atoms with E-state index in [1.54, 1.807) is 19.2 Å². The van der Waals surface area contributed by atoms with E-state index >= 15 is 0 Å². The van der Waals surface area contributed by atoms with E-state index in [1.165, 1.54) is 7.11 Å². The molecule has 16 heavy (non-hydrogen) atoms. The van der Waals surface area contributed by atoms with E-state index in [1.807, 2.05) is 0 Å². The highest BCUT2D eigenvalue weighted by molar-refractivity contribution is 9.09. The minimum atomic E-state index is -0.334. The summed E-state index contributed by atoms with van der Waals surface area (Å²) in [5.41, 5.74) is 2.42. The van der Waals surface area contributed by atoms with Crippen molar-refractivity contribution >= 4 is 37.8 Å². The van der Waals surface area contributed by atoms with Gasteiger partial charge in [0.2, 0.25) is 0 Å². The predicted octanol–water partition coefficient (Wildman–Crippen LogP) is 3.27. The van der Waals surface area contributed by atoms with Crippen molar-refractivity contribution in [2.45, 2.75) is 10.7 Å². The highest BCUT2D eigenvalue weighted by Gasteiger charge is 2.17. The lowest BCUT2D eigenvalue weighted by Crippen LogP contribution is -2.08. The summed E-state index contributed by atoms with van der Waals surface area (Å²) in [7, 11) is 2.98. The molecule has 0 N–H and O–H groups in total. The average molecular weight is 352 g/mol. The van der Waals surface area contributed by atoms with E-state index in [2.05, 4.69) is 31.9 Å². The fourth-order valence-corrected chi connectivity index (χ4v) is 2.72. The molecule has 0 spiro atoms. The molecule has 1 aromatic carbocycles. The number of hydrogen-bond donors (Lipinski definition) is 0. The number of alkyl halides is 2. The van der Waals surface area contributed by atoms with E-state index in [0.29, 0.717) is 16.2 Å². The highest BCUT2D eigenvalue weighted by Crippen LogP contribution is 2.29. The summed E-state index contributed by atoms with van der Waals surface area (Å²) in [6, 6.07) is 3.49. The Kier molecular flexibility index (Phi) is 5.28. The standard InChI is InChI=1S/C11H12Br2O3/c1-15-10-4-3-7(11(14)16-2)8(5-12)9(10)6-13/h3-4H,5-6H2,1-2H3. The van der Waals surface area contributed by atoms with Gasteiger partial charge in [-0.2, -0.15) is 0 Å². The van der Waals surface area contributed by atoms with E-state index in [-0.39, 0.29) is 5.97 Å². The Labute approximate surface area is 111 Å². The van der Waals surface area contributed by atoms with Crippen LogP contribution in [0.3, 0.4) is 0 Å². The van der Waals surface area contributed by atoms with Crippen LogP contribution in [0.5, 0.6) is 5.75 Å². The zero-order valence-corrected chi connectivity index (χ0v) is 12.2. The molecule has 0 radical (unpaired) electrons. The fraction of sp³-hybridized carbons (Fsp3) is 0.364. The number of methoxy groups -OCH3 is 2. The average Bonchev–Trinajstić information content (AvgIpc) is 2.35. The van der Waals surface area contributed by atoms with Gasteiger partial charge in [0.1, 0.15) is 5.75 Å². The summed E-state index contributed by atoms with van der Waals surface area (Å²) in [5.74, 6) is 0.429. The minimum Gasteiger partial charge on any atom is -0.496 e. The maximum atomic E-state index is 11.6. The summed E-state index contributed by atoms with van der Waals surface area (Å²) in [6.45, 7) is 0. The van der Waals surface area contributed by atoms with Gasteiger partial charge in [0.15, 0.2) is 0 Å². The normalized spacial score (nSPS) is 10.0. The molecule has 5 heteroatoms. The molecule has 3 nitrogen and oxygen atoms in total. The Hall–Kier alpha value is -0.550. The van der Waals surface area contributed by atoms with Crippen molar-refractivity contribution in [2.75, 3.05) is 14.2 Å². The molecular weight excluding hydrogens is 340 g/mol. The summed E-state index contributed by atoms with van der Waals surface area (Å²) in [6.07, 6.45) is 0. The Morgan fingerprint density at radius 2 is 1.81 bits per heavy atom.